The molecule has 1 aromatic heterocycles. The predicted octanol–water partition coefficient (Wildman–Crippen LogP) is 0.116. The fourth-order valence-electron chi connectivity index (χ4n) is 0.585. The summed E-state index contributed by atoms with van der Waals surface area (Å²) in [6.45, 7) is 1.90. The fourth-order valence-corrected chi connectivity index (χ4v) is 0.585. The van der Waals surface area contributed by atoms with Gasteiger partial charge in [0.1, 0.15) is 13.6 Å². The number of aryl methyl sites for hydroxylation is 1. The minimum absolute atomic E-state index is 0.891. The van der Waals surface area contributed by atoms with E-state index in [9.17, 15) is 0 Å². The van der Waals surface area contributed by atoms with Crippen LogP contribution in [-0.4, -0.2) is 13.0 Å². The summed E-state index contributed by atoms with van der Waals surface area (Å²) in [5, 5.41) is 3.76. The van der Waals surface area contributed by atoms with Crippen LogP contribution in [0.4, 0.5) is 0 Å². The van der Waals surface area contributed by atoms with Gasteiger partial charge in [-0.15, -0.1) is 0 Å². The molecule has 0 fully saturated rings. The topological polar surface area (TPSA) is 26.0 Å². The second-order valence-electron chi connectivity index (χ2n) is 1.78. The molecule has 2 nitrogen and oxygen atoms in total. The van der Waals surface area contributed by atoms with Crippen molar-refractivity contribution in [2.75, 3.05) is 0 Å². The number of nitrogens with zero attached hydrogens (tertiary/aromatic N) is 1. The largest absolute Gasteiger partial charge is 0.361 e. The smallest absolute Gasteiger partial charge is 0.133 e. The van der Waals surface area contributed by atoms with E-state index < -0.39 is 0 Å². The molecule has 0 aromatic carbocycles. The molecule has 0 saturated heterocycles. The van der Waals surface area contributed by atoms with Crippen molar-refractivity contribution < 1.29 is 4.52 Å². The molecule has 0 N–H and O–H groups in total. The molecule has 0 bridgehead atoms. The first-order valence-corrected chi connectivity index (χ1v) is 2.75. The van der Waals surface area contributed by atoms with Crippen molar-refractivity contribution in [1.29, 1.82) is 0 Å². The van der Waals surface area contributed by atoms with Crippen LogP contribution in [0.15, 0.2) is 10.6 Å². The van der Waals surface area contributed by atoms with Crippen molar-refractivity contribution >= 4 is 7.85 Å². The molecule has 0 aliphatic rings. The average Bonchev–Trinajstić information content (AvgIpc) is 2.14. The quantitative estimate of drug-likeness (QED) is 0.478. The molecule has 0 atom stereocenters. The minimum Gasteiger partial charge on any atom is -0.361 e. The summed E-state index contributed by atoms with van der Waals surface area (Å²) in [6, 6.07) is 1.94. The highest BCUT2D eigenvalue weighted by Crippen LogP contribution is 1.99. The molecule has 1 heterocycles. The van der Waals surface area contributed by atoms with E-state index in [1.165, 1.54) is 0 Å². The zero-order valence-corrected chi connectivity index (χ0v) is 5.14. The molecule has 1 rings (SSSR count). The van der Waals surface area contributed by atoms with Crippen molar-refractivity contribution in [2.24, 2.45) is 0 Å². The van der Waals surface area contributed by atoms with Gasteiger partial charge in [0, 0.05) is 6.07 Å². The van der Waals surface area contributed by atoms with Gasteiger partial charge < -0.3 is 4.52 Å². The fraction of sp³-hybridized carbons (Fsp3) is 0.400. The molecular formula is C5H8BNO. The Morgan fingerprint density at radius 1 is 1.88 bits per heavy atom. The molecule has 42 valence electrons. The molecule has 0 aliphatic heterocycles. The highest BCUT2D eigenvalue weighted by Gasteiger charge is 1.93. The molecule has 0 radical (unpaired) electrons. The highest BCUT2D eigenvalue weighted by molar-refractivity contribution is 6.08. The third-order valence-electron chi connectivity index (χ3n) is 1.04. The van der Waals surface area contributed by atoms with Gasteiger partial charge in [0.15, 0.2) is 0 Å². The van der Waals surface area contributed by atoms with Gasteiger partial charge in [-0.3, -0.25) is 0 Å². The lowest BCUT2D eigenvalue weighted by Gasteiger charge is -1.74. The lowest BCUT2D eigenvalue weighted by atomic mass is 10.0. The van der Waals surface area contributed by atoms with Gasteiger partial charge in [-0.25, -0.2) is 0 Å². The van der Waals surface area contributed by atoms with Crippen molar-refractivity contribution in [3.8, 4) is 0 Å². The van der Waals surface area contributed by atoms with Crippen LogP contribution in [-0.2, 0) is 6.32 Å². The molecule has 8 heavy (non-hydrogen) atoms. The maximum atomic E-state index is 4.81. The van der Waals surface area contributed by atoms with Crippen LogP contribution >= 0.6 is 0 Å². The van der Waals surface area contributed by atoms with Crippen molar-refractivity contribution in [3.63, 3.8) is 0 Å². The summed E-state index contributed by atoms with van der Waals surface area (Å²) in [6.07, 6.45) is 0.956. The molecular weight excluding hydrogens is 101 g/mol. The van der Waals surface area contributed by atoms with Gasteiger partial charge in [-0.05, 0) is 13.2 Å². The molecule has 3 heteroatoms. The SMILES string of the molecule is BCc1cc(C)on1. The van der Waals surface area contributed by atoms with Gasteiger partial charge in [0.05, 0.1) is 5.69 Å². The standard InChI is InChI=1S/C5H8BNO/c1-4-2-5(3-6)7-8-4/h2H,3,6H2,1H3. The lowest BCUT2D eigenvalue weighted by Crippen LogP contribution is -1.79. The maximum absolute atomic E-state index is 4.81. The molecule has 1 aromatic rings. The summed E-state index contributed by atoms with van der Waals surface area (Å²) >= 11 is 0. The summed E-state index contributed by atoms with van der Waals surface area (Å²) in [5.74, 6) is 0.891. The Hall–Kier alpha value is -0.725. The first-order chi connectivity index (χ1) is 3.83. The van der Waals surface area contributed by atoms with E-state index in [1.54, 1.807) is 0 Å². The summed E-state index contributed by atoms with van der Waals surface area (Å²) in [7, 11) is 2.05. The van der Waals surface area contributed by atoms with Gasteiger partial charge >= 0.3 is 0 Å². The van der Waals surface area contributed by atoms with E-state index in [4.69, 9.17) is 4.52 Å². The van der Waals surface area contributed by atoms with E-state index in [1.807, 2.05) is 13.0 Å². The van der Waals surface area contributed by atoms with Crippen LogP contribution in [0.5, 0.6) is 0 Å². The Kier molecular flexibility index (Phi) is 1.37. The molecule has 0 saturated carbocycles. The number of rotatable bonds is 1. The normalized spacial score (nSPS) is 9.62. The van der Waals surface area contributed by atoms with Crippen LogP contribution in [0, 0.1) is 6.92 Å². The minimum atomic E-state index is 0.891. The van der Waals surface area contributed by atoms with Crippen molar-refractivity contribution in [3.05, 3.63) is 17.5 Å². The lowest BCUT2D eigenvalue weighted by molar-refractivity contribution is 0.392. The van der Waals surface area contributed by atoms with Crippen LogP contribution < -0.4 is 0 Å². The molecule has 0 spiro atoms. The van der Waals surface area contributed by atoms with Gasteiger partial charge in [0.25, 0.3) is 0 Å². The Labute approximate surface area is 49.3 Å². The third-order valence-corrected chi connectivity index (χ3v) is 1.04. The number of hydrogen-bond acceptors (Lipinski definition) is 2. The second-order valence-corrected chi connectivity index (χ2v) is 1.78. The Bertz CT molecular complexity index is 173. The molecule has 0 unspecified atom stereocenters. The van der Waals surface area contributed by atoms with E-state index in [0.717, 1.165) is 17.8 Å². The van der Waals surface area contributed by atoms with Crippen LogP contribution in [0.3, 0.4) is 0 Å². The van der Waals surface area contributed by atoms with Crippen molar-refractivity contribution in [2.45, 2.75) is 13.2 Å². The predicted molar refractivity (Wildman–Crippen MR) is 33.5 cm³/mol. The van der Waals surface area contributed by atoms with Crippen molar-refractivity contribution in [1.82, 2.24) is 5.16 Å². The van der Waals surface area contributed by atoms with E-state index in [0.29, 0.717) is 0 Å². The number of aromatic nitrogens is 1. The summed E-state index contributed by atoms with van der Waals surface area (Å²) in [5.41, 5.74) is 1.03. The first kappa shape index (κ1) is 5.41. The maximum Gasteiger partial charge on any atom is 0.133 e. The van der Waals surface area contributed by atoms with E-state index in [-0.39, 0.29) is 0 Å². The molecule has 0 aliphatic carbocycles. The third kappa shape index (κ3) is 0.913. The zero-order valence-electron chi connectivity index (χ0n) is 5.14. The van der Waals surface area contributed by atoms with Crippen LogP contribution in [0.25, 0.3) is 0 Å². The van der Waals surface area contributed by atoms with Gasteiger partial charge in [0.2, 0.25) is 0 Å². The van der Waals surface area contributed by atoms with E-state index >= 15 is 0 Å². The number of hydrogen-bond donors (Lipinski definition) is 0. The average molecular weight is 109 g/mol. The summed E-state index contributed by atoms with van der Waals surface area (Å²) < 4.78 is 4.81. The summed E-state index contributed by atoms with van der Waals surface area (Å²) in [4.78, 5) is 0. The Balaban J connectivity index is 2.84. The van der Waals surface area contributed by atoms with Gasteiger partial charge in [-0.1, -0.05) is 5.16 Å². The van der Waals surface area contributed by atoms with Crippen LogP contribution in [0.1, 0.15) is 11.5 Å². The van der Waals surface area contributed by atoms with Crippen LogP contribution in [0.2, 0.25) is 0 Å². The van der Waals surface area contributed by atoms with E-state index in [2.05, 4.69) is 13.0 Å². The second kappa shape index (κ2) is 2.03. The monoisotopic (exact) mass is 109 g/mol. The zero-order chi connectivity index (χ0) is 5.98. The Morgan fingerprint density at radius 3 is 2.88 bits per heavy atom. The first-order valence-electron chi connectivity index (χ1n) is 2.75. The van der Waals surface area contributed by atoms with Gasteiger partial charge in [-0.2, -0.15) is 0 Å². The molecule has 0 amide bonds. The Morgan fingerprint density at radius 2 is 2.62 bits per heavy atom. The highest BCUT2D eigenvalue weighted by atomic mass is 16.5.